The number of nitrogens with two attached hydrogens (primary N) is 1. The van der Waals surface area contributed by atoms with E-state index < -0.39 is 0 Å². The number of aliphatic imine (C=N–C) groups is 1. The highest BCUT2D eigenvalue weighted by atomic mass is 16.5. The minimum atomic E-state index is -0.308. The number of amides is 1. The van der Waals surface area contributed by atoms with E-state index in [1.807, 2.05) is 6.92 Å². The number of carbonyl (C=O) groups is 1. The van der Waals surface area contributed by atoms with E-state index in [4.69, 9.17) is 10.5 Å². The maximum Gasteiger partial charge on any atom is 0.282 e. The number of hydrogen-bond donors (Lipinski definition) is 1. The van der Waals surface area contributed by atoms with Crippen molar-refractivity contribution in [2.75, 3.05) is 12.3 Å². The Hall–Kier alpha value is -1.84. The lowest BCUT2D eigenvalue weighted by atomic mass is 10.1. The van der Waals surface area contributed by atoms with E-state index in [-0.39, 0.29) is 5.91 Å². The van der Waals surface area contributed by atoms with Gasteiger partial charge in [0.25, 0.3) is 5.91 Å². The predicted molar refractivity (Wildman–Crippen MR) is 58.4 cm³/mol. The number of fused-ring (bicyclic) bond motifs is 1. The van der Waals surface area contributed by atoms with Crippen LogP contribution in [0.15, 0.2) is 23.2 Å². The topological polar surface area (TPSA) is 64.7 Å². The van der Waals surface area contributed by atoms with Crippen molar-refractivity contribution in [1.29, 1.82) is 0 Å². The van der Waals surface area contributed by atoms with Crippen LogP contribution in [0.5, 0.6) is 5.75 Å². The van der Waals surface area contributed by atoms with Crippen molar-refractivity contribution in [3.8, 4) is 5.75 Å². The average molecular weight is 204 g/mol. The molecule has 2 rings (SSSR count). The van der Waals surface area contributed by atoms with Crippen molar-refractivity contribution in [2.24, 2.45) is 4.99 Å². The third-order valence-corrected chi connectivity index (χ3v) is 2.33. The summed E-state index contributed by atoms with van der Waals surface area (Å²) in [5, 5.41) is 0. The van der Waals surface area contributed by atoms with Crippen molar-refractivity contribution in [3.63, 3.8) is 0 Å². The second-order valence-electron chi connectivity index (χ2n) is 3.35. The smallest absolute Gasteiger partial charge is 0.282 e. The fourth-order valence-electron chi connectivity index (χ4n) is 1.47. The summed E-state index contributed by atoms with van der Waals surface area (Å²) in [4.78, 5) is 15.7. The van der Waals surface area contributed by atoms with Crippen molar-refractivity contribution >= 4 is 17.3 Å². The Morgan fingerprint density at radius 1 is 1.53 bits per heavy atom. The summed E-state index contributed by atoms with van der Waals surface area (Å²) in [5.74, 6) is 0.213. The van der Waals surface area contributed by atoms with Crippen LogP contribution in [-0.4, -0.2) is 18.2 Å². The van der Waals surface area contributed by atoms with E-state index in [1.165, 1.54) is 0 Å². The molecule has 0 unspecified atom stereocenters. The van der Waals surface area contributed by atoms with E-state index in [1.54, 1.807) is 18.2 Å². The van der Waals surface area contributed by atoms with E-state index in [9.17, 15) is 4.79 Å². The highest BCUT2D eigenvalue weighted by Crippen LogP contribution is 2.27. The minimum Gasteiger partial charge on any atom is -0.487 e. The van der Waals surface area contributed by atoms with Crippen LogP contribution in [0.2, 0.25) is 0 Å². The quantitative estimate of drug-likeness (QED) is 0.707. The van der Waals surface area contributed by atoms with Gasteiger partial charge in [0.2, 0.25) is 0 Å². The molecule has 0 saturated carbocycles. The lowest BCUT2D eigenvalue weighted by Gasteiger charge is -2.07. The van der Waals surface area contributed by atoms with Gasteiger partial charge in [0.1, 0.15) is 17.9 Å². The number of ether oxygens (including phenoxy) is 1. The number of benzene rings is 1. The summed E-state index contributed by atoms with van der Waals surface area (Å²) in [6, 6.07) is 5.17. The van der Waals surface area contributed by atoms with Gasteiger partial charge in [0.15, 0.2) is 0 Å². The zero-order valence-electron chi connectivity index (χ0n) is 8.49. The number of anilines is 1. The molecule has 0 fully saturated rings. The van der Waals surface area contributed by atoms with Crippen molar-refractivity contribution < 1.29 is 9.53 Å². The van der Waals surface area contributed by atoms with Gasteiger partial charge in [-0.1, -0.05) is 13.0 Å². The van der Waals surface area contributed by atoms with Crippen LogP contribution in [0, 0.1) is 0 Å². The molecule has 0 radical (unpaired) electrons. The molecule has 1 amide bonds. The van der Waals surface area contributed by atoms with Crippen LogP contribution in [0.4, 0.5) is 5.69 Å². The Morgan fingerprint density at radius 3 is 3.07 bits per heavy atom. The highest BCUT2D eigenvalue weighted by Gasteiger charge is 2.19. The van der Waals surface area contributed by atoms with E-state index in [0.717, 1.165) is 5.71 Å². The number of rotatable bonds is 1. The first kappa shape index (κ1) is 9.71. The van der Waals surface area contributed by atoms with Gasteiger partial charge in [-0.05, 0) is 18.6 Å². The van der Waals surface area contributed by atoms with Crippen LogP contribution >= 0.6 is 0 Å². The van der Waals surface area contributed by atoms with Crippen LogP contribution in [0.3, 0.4) is 0 Å². The monoisotopic (exact) mass is 204 g/mol. The van der Waals surface area contributed by atoms with Gasteiger partial charge < -0.3 is 10.5 Å². The Labute approximate surface area is 87.8 Å². The molecule has 15 heavy (non-hydrogen) atoms. The average Bonchev–Trinajstić information content (AvgIpc) is 2.39. The first-order valence-electron chi connectivity index (χ1n) is 4.84. The normalized spacial score (nSPS) is 15.0. The molecule has 78 valence electrons. The summed E-state index contributed by atoms with van der Waals surface area (Å²) >= 11 is 0. The molecule has 1 aliphatic rings. The van der Waals surface area contributed by atoms with Crippen LogP contribution in [-0.2, 0) is 0 Å². The molecule has 0 saturated heterocycles. The lowest BCUT2D eigenvalue weighted by Crippen LogP contribution is -2.08. The zero-order chi connectivity index (χ0) is 10.8. The maximum atomic E-state index is 11.7. The molecular formula is C11H12N2O2. The molecule has 1 heterocycles. The molecule has 1 aromatic rings. The fourth-order valence-corrected chi connectivity index (χ4v) is 1.47. The summed E-state index contributed by atoms with van der Waals surface area (Å²) in [7, 11) is 0. The van der Waals surface area contributed by atoms with E-state index in [0.29, 0.717) is 30.0 Å². The molecule has 0 atom stereocenters. The molecule has 0 aliphatic carbocycles. The standard InChI is InChI=1S/C11H12N2O2/c1-2-7-6-15-9-5-3-4-8(12)10(9)11(14)13-7/h3-5H,2,6,12H2,1H3. The second-order valence-corrected chi connectivity index (χ2v) is 3.35. The van der Waals surface area contributed by atoms with Gasteiger partial charge in [-0.3, -0.25) is 4.79 Å². The van der Waals surface area contributed by atoms with Gasteiger partial charge in [0.05, 0.1) is 5.71 Å². The molecule has 4 nitrogen and oxygen atoms in total. The Morgan fingerprint density at radius 2 is 2.33 bits per heavy atom. The molecule has 1 aliphatic heterocycles. The molecule has 0 bridgehead atoms. The molecule has 0 aromatic heterocycles. The van der Waals surface area contributed by atoms with E-state index in [2.05, 4.69) is 4.99 Å². The molecule has 1 aromatic carbocycles. The third-order valence-electron chi connectivity index (χ3n) is 2.33. The van der Waals surface area contributed by atoms with E-state index >= 15 is 0 Å². The van der Waals surface area contributed by atoms with Crippen LogP contribution in [0.25, 0.3) is 0 Å². The summed E-state index contributed by atoms with van der Waals surface area (Å²) in [6.07, 6.45) is 0.708. The SMILES string of the molecule is CCC1=NC(=O)c2c(N)cccc2OC1. The number of nitrogen functional groups attached to an aromatic ring is 1. The van der Waals surface area contributed by atoms with Crippen molar-refractivity contribution in [1.82, 2.24) is 0 Å². The fraction of sp³-hybridized carbons (Fsp3) is 0.273. The summed E-state index contributed by atoms with van der Waals surface area (Å²) in [5.41, 5.74) is 7.26. The van der Waals surface area contributed by atoms with Gasteiger partial charge in [-0.2, -0.15) is 0 Å². The molecule has 0 spiro atoms. The Bertz CT molecular complexity index is 438. The summed E-state index contributed by atoms with van der Waals surface area (Å²) in [6.45, 7) is 2.30. The first-order chi connectivity index (χ1) is 7.22. The molecule has 2 N–H and O–H groups in total. The van der Waals surface area contributed by atoms with Crippen LogP contribution < -0.4 is 10.5 Å². The van der Waals surface area contributed by atoms with Gasteiger partial charge >= 0.3 is 0 Å². The molecule has 4 heteroatoms. The Balaban J connectivity index is 2.50. The zero-order valence-corrected chi connectivity index (χ0v) is 8.49. The van der Waals surface area contributed by atoms with Gasteiger partial charge in [0, 0.05) is 5.69 Å². The first-order valence-corrected chi connectivity index (χ1v) is 4.84. The number of nitrogens with zero attached hydrogens (tertiary/aromatic N) is 1. The molecular weight excluding hydrogens is 192 g/mol. The van der Waals surface area contributed by atoms with Crippen LogP contribution in [0.1, 0.15) is 23.7 Å². The maximum absolute atomic E-state index is 11.7. The summed E-state index contributed by atoms with van der Waals surface area (Å²) < 4.78 is 5.47. The lowest BCUT2D eigenvalue weighted by molar-refractivity contribution is 0.100. The number of hydrogen-bond acceptors (Lipinski definition) is 3. The number of carbonyl (C=O) groups excluding carboxylic acids is 1. The third kappa shape index (κ3) is 1.70. The van der Waals surface area contributed by atoms with Gasteiger partial charge in [-0.25, -0.2) is 4.99 Å². The predicted octanol–water partition coefficient (Wildman–Crippen LogP) is 1.65. The highest BCUT2D eigenvalue weighted by molar-refractivity contribution is 6.09. The second kappa shape index (κ2) is 3.73. The van der Waals surface area contributed by atoms with Gasteiger partial charge in [-0.15, -0.1) is 0 Å². The van der Waals surface area contributed by atoms with Crippen molar-refractivity contribution in [3.05, 3.63) is 23.8 Å². The largest absolute Gasteiger partial charge is 0.487 e. The Kier molecular flexibility index (Phi) is 2.41. The van der Waals surface area contributed by atoms with Crippen molar-refractivity contribution in [2.45, 2.75) is 13.3 Å². The minimum absolute atomic E-state index is 0.308.